The molecule has 4 rings (SSSR count). The molecule has 1 fully saturated rings. The summed E-state index contributed by atoms with van der Waals surface area (Å²) in [5, 5.41) is 3.06. The minimum Gasteiger partial charge on any atom is -0.497 e. The van der Waals surface area contributed by atoms with Crippen molar-refractivity contribution >= 4 is 17.1 Å². The monoisotopic (exact) mass is 406 g/mol. The summed E-state index contributed by atoms with van der Waals surface area (Å²) in [5.41, 5.74) is 3.45. The number of rotatable bonds is 6. The highest BCUT2D eigenvalue weighted by molar-refractivity contribution is 5.76. The number of aromatic nitrogens is 2. The van der Waals surface area contributed by atoms with Gasteiger partial charge in [0, 0.05) is 26.2 Å². The number of urea groups is 1. The molecular weight excluding hydrogens is 376 g/mol. The van der Waals surface area contributed by atoms with E-state index >= 15 is 0 Å². The molecular formula is C24H30N4O2. The van der Waals surface area contributed by atoms with Crippen molar-refractivity contribution in [2.24, 2.45) is 5.92 Å². The number of para-hydroxylation sites is 2. The molecule has 30 heavy (non-hydrogen) atoms. The number of piperidine rings is 1. The van der Waals surface area contributed by atoms with Crippen molar-refractivity contribution in [2.75, 3.05) is 26.7 Å². The molecule has 6 nitrogen and oxygen atoms in total. The van der Waals surface area contributed by atoms with Crippen LogP contribution in [0, 0.1) is 12.8 Å². The van der Waals surface area contributed by atoms with Crippen LogP contribution in [0.1, 0.15) is 24.2 Å². The number of carbonyl (C=O) groups excluding carboxylic acids is 1. The van der Waals surface area contributed by atoms with Gasteiger partial charge >= 0.3 is 6.03 Å². The molecule has 1 aliphatic heterocycles. The Morgan fingerprint density at radius 3 is 2.60 bits per heavy atom. The van der Waals surface area contributed by atoms with Gasteiger partial charge in [-0.1, -0.05) is 24.3 Å². The van der Waals surface area contributed by atoms with Crippen molar-refractivity contribution in [1.82, 2.24) is 19.8 Å². The second-order valence-electron chi connectivity index (χ2n) is 8.02. The summed E-state index contributed by atoms with van der Waals surface area (Å²) in [7, 11) is 1.66. The Labute approximate surface area is 177 Å². The average Bonchev–Trinajstić information content (AvgIpc) is 3.09. The third-order valence-corrected chi connectivity index (χ3v) is 6.04. The SMILES string of the molecule is COc1ccc(CCNC(=O)N2CCC(Cn3c(C)nc4ccccc43)CC2)cc1. The molecule has 1 saturated heterocycles. The van der Waals surface area contributed by atoms with E-state index in [0.717, 1.165) is 56.0 Å². The predicted octanol–water partition coefficient (Wildman–Crippen LogP) is 4.02. The number of ether oxygens (including phenoxy) is 1. The van der Waals surface area contributed by atoms with Gasteiger partial charge in [-0.3, -0.25) is 0 Å². The van der Waals surface area contributed by atoms with E-state index in [0.29, 0.717) is 12.5 Å². The molecule has 0 radical (unpaired) electrons. The number of hydrogen-bond acceptors (Lipinski definition) is 3. The van der Waals surface area contributed by atoms with E-state index in [-0.39, 0.29) is 6.03 Å². The lowest BCUT2D eigenvalue weighted by molar-refractivity contribution is 0.166. The van der Waals surface area contributed by atoms with Crippen molar-refractivity contribution < 1.29 is 9.53 Å². The number of amides is 2. The zero-order chi connectivity index (χ0) is 20.9. The second-order valence-corrected chi connectivity index (χ2v) is 8.02. The van der Waals surface area contributed by atoms with E-state index < -0.39 is 0 Å². The molecule has 0 bridgehead atoms. The highest BCUT2D eigenvalue weighted by Crippen LogP contribution is 2.23. The number of hydrogen-bond donors (Lipinski definition) is 1. The van der Waals surface area contributed by atoms with Gasteiger partial charge in [-0.25, -0.2) is 9.78 Å². The fraction of sp³-hybridized carbons (Fsp3) is 0.417. The summed E-state index contributed by atoms with van der Waals surface area (Å²) in [4.78, 5) is 19.1. The van der Waals surface area contributed by atoms with Gasteiger partial charge in [0.25, 0.3) is 0 Å². The first-order valence-electron chi connectivity index (χ1n) is 10.7. The van der Waals surface area contributed by atoms with Crippen molar-refractivity contribution in [1.29, 1.82) is 0 Å². The first kappa shape index (κ1) is 20.3. The molecule has 3 aromatic rings. The zero-order valence-electron chi connectivity index (χ0n) is 17.8. The van der Waals surface area contributed by atoms with Crippen LogP contribution in [0.15, 0.2) is 48.5 Å². The van der Waals surface area contributed by atoms with Crippen LogP contribution >= 0.6 is 0 Å². The third kappa shape index (κ3) is 4.58. The molecule has 1 N–H and O–H groups in total. The topological polar surface area (TPSA) is 59.4 Å². The van der Waals surface area contributed by atoms with E-state index in [9.17, 15) is 4.79 Å². The molecule has 0 atom stereocenters. The molecule has 2 heterocycles. The first-order valence-corrected chi connectivity index (χ1v) is 10.7. The Morgan fingerprint density at radius 2 is 1.87 bits per heavy atom. The number of nitrogens with zero attached hydrogens (tertiary/aromatic N) is 3. The molecule has 0 spiro atoms. The van der Waals surface area contributed by atoms with E-state index in [1.165, 1.54) is 11.1 Å². The van der Waals surface area contributed by atoms with Crippen molar-refractivity contribution in [3.05, 3.63) is 59.9 Å². The summed E-state index contributed by atoms with van der Waals surface area (Å²) < 4.78 is 7.50. The lowest BCUT2D eigenvalue weighted by Crippen LogP contribution is -2.45. The third-order valence-electron chi connectivity index (χ3n) is 6.04. The number of carbonyl (C=O) groups is 1. The maximum absolute atomic E-state index is 12.5. The number of aryl methyl sites for hydroxylation is 1. The van der Waals surface area contributed by atoms with Gasteiger partial charge in [0.15, 0.2) is 0 Å². The Balaban J connectivity index is 1.23. The number of methoxy groups -OCH3 is 1. The smallest absolute Gasteiger partial charge is 0.317 e. The van der Waals surface area contributed by atoms with Crippen LogP contribution in [0.3, 0.4) is 0 Å². The van der Waals surface area contributed by atoms with Gasteiger partial charge in [0.1, 0.15) is 11.6 Å². The molecule has 0 saturated carbocycles. The number of nitrogens with one attached hydrogen (secondary N) is 1. The molecule has 6 heteroatoms. The number of benzene rings is 2. The highest BCUT2D eigenvalue weighted by atomic mass is 16.5. The summed E-state index contributed by atoms with van der Waals surface area (Å²) >= 11 is 0. The van der Waals surface area contributed by atoms with Crippen molar-refractivity contribution in [2.45, 2.75) is 32.7 Å². The number of imidazole rings is 1. The minimum atomic E-state index is 0.0474. The van der Waals surface area contributed by atoms with Crippen molar-refractivity contribution in [3.8, 4) is 5.75 Å². The maximum atomic E-state index is 12.5. The molecule has 0 aliphatic carbocycles. The van der Waals surface area contributed by atoms with Gasteiger partial charge in [-0.2, -0.15) is 0 Å². The van der Waals surface area contributed by atoms with Gasteiger partial charge < -0.3 is 19.5 Å². The Morgan fingerprint density at radius 1 is 1.13 bits per heavy atom. The number of likely N-dealkylation sites (tertiary alicyclic amines) is 1. The van der Waals surface area contributed by atoms with E-state index in [2.05, 4.69) is 40.0 Å². The summed E-state index contributed by atoms with van der Waals surface area (Å²) in [6.45, 7) is 5.31. The van der Waals surface area contributed by atoms with E-state index in [4.69, 9.17) is 4.74 Å². The van der Waals surface area contributed by atoms with Crippen LogP contribution in [-0.2, 0) is 13.0 Å². The largest absolute Gasteiger partial charge is 0.497 e. The Kier molecular flexibility index (Phi) is 6.21. The lowest BCUT2D eigenvalue weighted by Gasteiger charge is -2.32. The second kappa shape index (κ2) is 9.20. The van der Waals surface area contributed by atoms with Crippen LogP contribution in [0.4, 0.5) is 4.79 Å². The van der Waals surface area contributed by atoms with Crippen LogP contribution in [0.5, 0.6) is 5.75 Å². The predicted molar refractivity (Wildman–Crippen MR) is 119 cm³/mol. The first-order chi connectivity index (χ1) is 14.6. The quantitative estimate of drug-likeness (QED) is 0.673. The van der Waals surface area contributed by atoms with Crippen LogP contribution < -0.4 is 10.1 Å². The van der Waals surface area contributed by atoms with Gasteiger partial charge in [-0.05, 0) is 61.9 Å². The summed E-state index contributed by atoms with van der Waals surface area (Å²) in [5.74, 6) is 2.49. The zero-order valence-corrected chi connectivity index (χ0v) is 17.8. The molecule has 2 aromatic carbocycles. The van der Waals surface area contributed by atoms with Crippen LogP contribution in [0.2, 0.25) is 0 Å². The van der Waals surface area contributed by atoms with Gasteiger partial charge in [0.05, 0.1) is 18.1 Å². The fourth-order valence-corrected chi connectivity index (χ4v) is 4.22. The van der Waals surface area contributed by atoms with Crippen LogP contribution in [0.25, 0.3) is 11.0 Å². The van der Waals surface area contributed by atoms with Crippen LogP contribution in [-0.4, -0.2) is 47.2 Å². The van der Waals surface area contributed by atoms with E-state index in [1.54, 1.807) is 7.11 Å². The summed E-state index contributed by atoms with van der Waals surface area (Å²) in [6.07, 6.45) is 2.87. The fourth-order valence-electron chi connectivity index (χ4n) is 4.22. The minimum absolute atomic E-state index is 0.0474. The maximum Gasteiger partial charge on any atom is 0.317 e. The molecule has 1 aromatic heterocycles. The highest BCUT2D eigenvalue weighted by Gasteiger charge is 2.23. The normalized spacial score (nSPS) is 14.8. The molecule has 1 aliphatic rings. The molecule has 2 amide bonds. The number of fused-ring (bicyclic) bond motifs is 1. The van der Waals surface area contributed by atoms with Crippen molar-refractivity contribution in [3.63, 3.8) is 0 Å². The summed E-state index contributed by atoms with van der Waals surface area (Å²) in [6, 6.07) is 16.3. The van der Waals surface area contributed by atoms with Gasteiger partial charge in [-0.15, -0.1) is 0 Å². The average molecular weight is 407 g/mol. The lowest BCUT2D eigenvalue weighted by atomic mass is 9.97. The Bertz CT molecular complexity index is 988. The molecule has 0 unspecified atom stereocenters. The Hall–Kier alpha value is -3.02. The van der Waals surface area contributed by atoms with Gasteiger partial charge in [0.2, 0.25) is 0 Å². The molecule has 158 valence electrons. The standard InChI is InChI=1S/C24H30N4O2/c1-18-26-22-5-3-4-6-23(22)28(18)17-20-12-15-27(16-13-20)24(29)25-14-11-19-7-9-21(30-2)10-8-19/h3-10,20H,11-17H2,1-2H3,(H,25,29). The van der Waals surface area contributed by atoms with E-state index in [1.807, 2.05) is 35.2 Å².